The number of halogens is 3. The van der Waals surface area contributed by atoms with Gasteiger partial charge in [-0.3, -0.25) is 29.8 Å². The fourth-order valence-electron chi connectivity index (χ4n) is 3.60. The Hall–Kier alpha value is -3.39. The molecule has 0 spiro atoms. The van der Waals surface area contributed by atoms with Crippen LogP contribution < -0.4 is 20.9 Å². The van der Waals surface area contributed by atoms with E-state index in [-0.39, 0.29) is 24.5 Å². The molecule has 3 N–H and O–H groups in total. The van der Waals surface area contributed by atoms with Gasteiger partial charge >= 0.3 is 5.69 Å². The van der Waals surface area contributed by atoms with E-state index in [0.717, 1.165) is 17.8 Å². The fraction of sp³-hybridized carbons (Fsp3) is 0.417. The second kappa shape index (κ2) is 16.7. The Labute approximate surface area is 247 Å². The van der Waals surface area contributed by atoms with Crippen molar-refractivity contribution in [3.8, 4) is 0 Å². The van der Waals surface area contributed by atoms with Gasteiger partial charge in [-0.2, -0.15) is 0 Å². The summed E-state index contributed by atoms with van der Waals surface area (Å²) in [6, 6.07) is 7.77. The number of nitro benzene ring substituents is 2. The zero-order chi connectivity index (χ0) is 29.1. The smallest absolute Gasteiger partial charge is 0.312 e. The summed E-state index contributed by atoms with van der Waals surface area (Å²) in [6.07, 6.45) is 0. The summed E-state index contributed by atoms with van der Waals surface area (Å²) in [5.74, 6) is -0.549. The van der Waals surface area contributed by atoms with Gasteiger partial charge in [-0.25, -0.2) is 0 Å². The molecule has 13 nitrogen and oxygen atoms in total. The van der Waals surface area contributed by atoms with E-state index in [0.29, 0.717) is 37.1 Å². The maximum absolute atomic E-state index is 12.9. The van der Waals surface area contributed by atoms with Crippen molar-refractivity contribution < 1.29 is 19.4 Å². The summed E-state index contributed by atoms with van der Waals surface area (Å²) in [7, 11) is 3.59. The Morgan fingerprint density at radius 2 is 1.55 bits per heavy atom. The van der Waals surface area contributed by atoms with Crippen molar-refractivity contribution in [3.05, 3.63) is 62.2 Å². The summed E-state index contributed by atoms with van der Waals surface area (Å²) in [6.45, 7) is 3.25. The van der Waals surface area contributed by atoms with Crippen LogP contribution in [0.2, 0.25) is 0 Å². The predicted octanol–water partition coefficient (Wildman–Crippen LogP) is 3.94. The minimum Gasteiger partial charge on any atom is -0.369 e. The monoisotopic (exact) mass is 619 g/mol. The van der Waals surface area contributed by atoms with Crippen LogP contribution in [0.15, 0.2) is 36.4 Å². The molecule has 0 heterocycles. The topological polar surface area (TPSA) is 163 Å². The van der Waals surface area contributed by atoms with E-state index in [2.05, 4.69) is 16.0 Å². The van der Waals surface area contributed by atoms with Gasteiger partial charge in [0.05, 0.1) is 9.85 Å². The minimum atomic E-state index is -1.14. The number of nitro groups is 2. The van der Waals surface area contributed by atoms with E-state index in [4.69, 9.17) is 23.2 Å². The van der Waals surface area contributed by atoms with Crippen LogP contribution in [-0.2, 0) is 4.79 Å². The second-order valence-corrected chi connectivity index (χ2v) is 9.45. The van der Waals surface area contributed by atoms with Gasteiger partial charge in [0.25, 0.3) is 11.6 Å². The summed E-state index contributed by atoms with van der Waals surface area (Å²) >= 11 is 11.7. The first kappa shape index (κ1) is 34.6. The first-order valence-electron chi connectivity index (χ1n) is 11.9. The highest BCUT2D eigenvalue weighted by molar-refractivity contribution is 6.18. The molecule has 0 bridgehead atoms. The van der Waals surface area contributed by atoms with Gasteiger partial charge in [0.2, 0.25) is 5.91 Å². The molecule has 2 aromatic carbocycles. The number of nitrogens with zero attached hydrogens (tertiary/aromatic N) is 4. The van der Waals surface area contributed by atoms with E-state index >= 15 is 0 Å². The van der Waals surface area contributed by atoms with Gasteiger partial charge in [-0.15, -0.1) is 35.6 Å². The van der Waals surface area contributed by atoms with Crippen molar-refractivity contribution in [1.82, 2.24) is 10.2 Å². The Kier molecular flexibility index (Phi) is 14.4. The van der Waals surface area contributed by atoms with Crippen LogP contribution in [0.1, 0.15) is 17.3 Å². The predicted molar refractivity (Wildman–Crippen MR) is 160 cm³/mol. The zero-order valence-electron chi connectivity index (χ0n) is 22.2. The van der Waals surface area contributed by atoms with Crippen LogP contribution in [0.3, 0.4) is 0 Å². The number of carbonyl (C=O) groups excluding carboxylic acids is 2. The van der Waals surface area contributed by atoms with E-state index in [9.17, 15) is 29.8 Å². The van der Waals surface area contributed by atoms with Crippen LogP contribution in [0, 0.1) is 20.2 Å². The molecular formula is C24H32Cl3N7O6. The van der Waals surface area contributed by atoms with Gasteiger partial charge in [0.1, 0.15) is 11.6 Å². The molecule has 220 valence electrons. The molecular weight excluding hydrogens is 589 g/mol. The second-order valence-electron chi connectivity index (χ2n) is 8.70. The largest absolute Gasteiger partial charge is 0.369 e. The number of benzene rings is 2. The van der Waals surface area contributed by atoms with E-state index < -0.39 is 44.8 Å². The lowest BCUT2D eigenvalue weighted by molar-refractivity contribution is -0.392. The van der Waals surface area contributed by atoms with Crippen LogP contribution in [0.5, 0.6) is 0 Å². The van der Waals surface area contributed by atoms with Crippen LogP contribution in [-0.4, -0.2) is 84.6 Å². The van der Waals surface area contributed by atoms with Gasteiger partial charge in [0.15, 0.2) is 5.69 Å². The van der Waals surface area contributed by atoms with E-state index in [1.807, 2.05) is 4.90 Å². The van der Waals surface area contributed by atoms with Crippen molar-refractivity contribution >= 4 is 75.9 Å². The number of likely N-dealkylation sites (N-methyl/N-ethyl adjacent to an activating group) is 1. The van der Waals surface area contributed by atoms with Crippen molar-refractivity contribution in [2.45, 2.75) is 13.0 Å². The van der Waals surface area contributed by atoms with Crippen molar-refractivity contribution in [2.75, 3.05) is 67.6 Å². The van der Waals surface area contributed by atoms with Crippen molar-refractivity contribution in [3.63, 3.8) is 0 Å². The number of amides is 2. The first-order chi connectivity index (χ1) is 18.5. The maximum Gasteiger partial charge on any atom is 0.312 e. The average molecular weight is 621 g/mol. The third kappa shape index (κ3) is 9.66. The maximum atomic E-state index is 12.9. The Bertz CT molecular complexity index is 1180. The standard InChI is InChI=1S/C24H31Cl2N7O6.ClH/c1-16(23(34)29-17-4-6-18(7-5-17)31(13-10-25)14-11-26)28-21-20(32(36)37)9-8-19(22(21)33(38)39)24(35)27-12-15-30(2)3;/h4-9,16,28H,10-15H2,1-3H3,(H,27,35)(H,29,34);1H. The van der Waals surface area contributed by atoms with Crippen molar-refractivity contribution in [2.24, 2.45) is 0 Å². The fourth-order valence-corrected chi connectivity index (χ4v) is 4.01. The number of carbonyl (C=O) groups is 2. The number of anilines is 3. The number of alkyl halides is 2. The van der Waals surface area contributed by atoms with Crippen LogP contribution in [0.25, 0.3) is 0 Å². The molecule has 0 saturated heterocycles. The number of nitrogens with one attached hydrogen (secondary N) is 3. The molecule has 0 fully saturated rings. The van der Waals surface area contributed by atoms with Gasteiger partial charge in [-0.1, -0.05) is 0 Å². The minimum absolute atomic E-state index is 0. The molecule has 1 unspecified atom stereocenters. The quantitative estimate of drug-likeness (QED) is 0.152. The van der Waals surface area contributed by atoms with E-state index in [1.165, 1.54) is 6.92 Å². The number of rotatable bonds is 15. The van der Waals surface area contributed by atoms with Crippen LogP contribution in [0.4, 0.5) is 28.4 Å². The molecule has 2 rings (SSSR count). The summed E-state index contributed by atoms with van der Waals surface area (Å²) in [4.78, 5) is 51.3. The summed E-state index contributed by atoms with van der Waals surface area (Å²) < 4.78 is 0. The molecule has 0 aliphatic carbocycles. The normalized spacial score (nSPS) is 11.2. The number of hydrogen-bond acceptors (Lipinski definition) is 9. The molecule has 0 radical (unpaired) electrons. The highest BCUT2D eigenvalue weighted by atomic mass is 35.5. The molecule has 0 saturated carbocycles. The third-order valence-electron chi connectivity index (χ3n) is 5.59. The SMILES string of the molecule is CC(Nc1c([N+](=O)[O-])ccc(C(=O)NCCN(C)C)c1[N+](=O)[O-])C(=O)Nc1ccc(N(CCCl)CCCl)cc1.Cl. The first-order valence-corrected chi connectivity index (χ1v) is 13.0. The summed E-state index contributed by atoms with van der Waals surface area (Å²) in [5, 5.41) is 31.4. The number of hydrogen-bond donors (Lipinski definition) is 3. The van der Waals surface area contributed by atoms with Gasteiger partial charge < -0.3 is 25.8 Å². The lowest BCUT2D eigenvalue weighted by atomic mass is 10.1. The molecule has 0 aliphatic heterocycles. The van der Waals surface area contributed by atoms with E-state index in [1.54, 1.807) is 43.3 Å². The van der Waals surface area contributed by atoms with Gasteiger partial charge in [0, 0.05) is 55.4 Å². The third-order valence-corrected chi connectivity index (χ3v) is 5.93. The lowest BCUT2D eigenvalue weighted by Crippen LogP contribution is -2.33. The molecule has 40 heavy (non-hydrogen) atoms. The lowest BCUT2D eigenvalue weighted by Gasteiger charge is -2.23. The van der Waals surface area contributed by atoms with Gasteiger partial charge in [-0.05, 0) is 51.4 Å². The van der Waals surface area contributed by atoms with Crippen molar-refractivity contribution in [1.29, 1.82) is 0 Å². The molecule has 2 aromatic rings. The Balaban J connectivity index is 0.00000800. The highest BCUT2D eigenvalue weighted by Crippen LogP contribution is 2.37. The summed E-state index contributed by atoms with van der Waals surface area (Å²) in [5.41, 5.74) is -1.06. The molecule has 2 amide bonds. The van der Waals surface area contributed by atoms with Crippen LogP contribution >= 0.6 is 35.6 Å². The molecule has 0 aliphatic rings. The Morgan fingerprint density at radius 1 is 0.950 bits per heavy atom. The molecule has 16 heteroatoms. The molecule has 1 atom stereocenters. The molecule has 0 aromatic heterocycles. The Morgan fingerprint density at radius 3 is 2.05 bits per heavy atom. The zero-order valence-corrected chi connectivity index (χ0v) is 24.5. The average Bonchev–Trinajstić information content (AvgIpc) is 2.88. The highest BCUT2D eigenvalue weighted by Gasteiger charge is 2.33.